The fourth-order valence-corrected chi connectivity index (χ4v) is 0.589. The largest absolute Gasteiger partial charge is 1.00 e. The molecule has 13 heavy (non-hydrogen) atoms. The topological polar surface area (TPSA) is 57.2 Å². The van der Waals surface area contributed by atoms with Crippen LogP contribution in [0.1, 0.15) is 5.56 Å². The predicted molar refractivity (Wildman–Crippen MR) is 47.6 cm³/mol. The number of hydrogen-bond donors (Lipinski definition) is 1. The number of benzene rings is 1. The maximum absolute atomic E-state index is 8.48. The Bertz CT molecular complexity index is 288. The van der Waals surface area contributed by atoms with Crippen molar-refractivity contribution in [2.24, 2.45) is 0 Å². The minimum Gasteiger partial charge on any atom is -0.750 e. The Morgan fingerprint density at radius 2 is 1.62 bits per heavy atom. The molecule has 1 aromatic carbocycles. The first-order chi connectivity index (χ1) is 5.66. The van der Waals surface area contributed by atoms with E-state index in [-0.39, 0.29) is 18.9 Å². The van der Waals surface area contributed by atoms with E-state index in [1.807, 2.05) is 36.4 Å². The first-order valence-corrected chi connectivity index (χ1v) is 4.25. The first-order valence-electron chi connectivity index (χ1n) is 3.16. The molecular weight excluding hydrogens is 183 g/mol. The summed E-state index contributed by atoms with van der Waals surface area (Å²) in [6.07, 6.45) is 1.83. The summed E-state index contributed by atoms with van der Waals surface area (Å²) in [5.41, 5.74) is 1.17. The molecule has 0 amide bonds. The van der Waals surface area contributed by atoms with Crippen LogP contribution in [-0.2, 0) is 11.0 Å². The second-order valence-corrected chi connectivity index (χ2v) is 2.29. The molecular formula is C8H9LiO3S. The zero-order valence-electron chi connectivity index (χ0n) is 7.34. The Kier molecular flexibility index (Phi) is 11.0. The summed E-state index contributed by atoms with van der Waals surface area (Å²) in [6, 6.07) is 10.0. The molecule has 0 saturated heterocycles. The average molecular weight is 192 g/mol. The summed E-state index contributed by atoms with van der Waals surface area (Å²) in [4.78, 5) is 0. The van der Waals surface area contributed by atoms with Crippen molar-refractivity contribution >= 4 is 17.1 Å². The van der Waals surface area contributed by atoms with Crippen molar-refractivity contribution in [1.29, 1.82) is 0 Å². The summed E-state index contributed by atoms with van der Waals surface area (Å²) in [6.45, 7) is 3.63. The molecule has 3 nitrogen and oxygen atoms in total. The van der Waals surface area contributed by atoms with Crippen molar-refractivity contribution < 1.29 is 31.8 Å². The summed E-state index contributed by atoms with van der Waals surface area (Å²) < 4.78 is 25.4. The molecule has 0 aliphatic heterocycles. The Morgan fingerprint density at radius 1 is 1.23 bits per heavy atom. The molecule has 66 valence electrons. The normalized spacial score (nSPS) is 7.85. The Labute approximate surface area is 91.4 Å². The summed E-state index contributed by atoms with van der Waals surface area (Å²) in [5, 5.41) is 0. The molecule has 0 N–H and O–H groups in total. The van der Waals surface area contributed by atoms with Crippen LogP contribution in [-0.4, -0.2) is 13.0 Å². The van der Waals surface area contributed by atoms with E-state index >= 15 is 0 Å². The molecule has 0 aliphatic carbocycles. The van der Waals surface area contributed by atoms with Crippen LogP contribution in [0.25, 0.3) is 6.08 Å². The van der Waals surface area contributed by atoms with E-state index in [2.05, 4.69) is 6.58 Å². The van der Waals surface area contributed by atoms with Gasteiger partial charge in [-0.15, -0.1) is 0 Å². The fraction of sp³-hybridized carbons (Fsp3) is 0. The van der Waals surface area contributed by atoms with E-state index in [0.29, 0.717) is 0 Å². The van der Waals surface area contributed by atoms with Gasteiger partial charge in [0.05, 0.1) is 11.0 Å². The second-order valence-electron chi connectivity index (χ2n) is 1.84. The molecule has 0 spiro atoms. The predicted octanol–water partition coefficient (Wildman–Crippen LogP) is -1.94. The van der Waals surface area contributed by atoms with Gasteiger partial charge < -0.3 is 4.55 Å². The minimum atomic E-state index is -3.37. The van der Waals surface area contributed by atoms with Crippen LogP contribution in [0.5, 0.6) is 0 Å². The first kappa shape index (κ1) is 15.0. The molecule has 0 aromatic heterocycles. The van der Waals surface area contributed by atoms with Crippen LogP contribution in [0, 0.1) is 0 Å². The van der Waals surface area contributed by atoms with E-state index < -0.39 is 11.0 Å². The zero-order valence-corrected chi connectivity index (χ0v) is 8.24. The minimum absolute atomic E-state index is 0. The van der Waals surface area contributed by atoms with Crippen LogP contribution in [0.4, 0.5) is 0 Å². The van der Waals surface area contributed by atoms with Crippen molar-refractivity contribution in [3.63, 3.8) is 0 Å². The smallest absolute Gasteiger partial charge is 0.750 e. The van der Waals surface area contributed by atoms with Crippen LogP contribution >= 0.6 is 0 Å². The Morgan fingerprint density at radius 3 is 1.85 bits per heavy atom. The molecule has 0 aliphatic rings. The maximum Gasteiger partial charge on any atom is 1.00 e. The van der Waals surface area contributed by atoms with Gasteiger partial charge in [-0.25, -0.2) is 8.42 Å². The third-order valence-corrected chi connectivity index (χ3v) is 1.04. The monoisotopic (exact) mass is 192 g/mol. The third-order valence-electron chi connectivity index (χ3n) is 1.04. The summed E-state index contributed by atoms with van der Waals surface area (Å²) in [7, 11) is -3.37. The van der Waals surface area contributed by atoms with Gasteiger partial charge in [-0.2, -0.15) is 0 Å². The molecule has 0 heterocycles. The molecule has 5 heteroatoms. The molecule has 0 radical (unpaired) electrons. The van der Waals surface area contributed by atoms with Crippen molar-refractivity contribution in [3.05, 3.63) is 42.5 Å². The van der Waals surface area contributed by atoms with E-state index in [0.717, 1.165) is 0 Å². The van der Waals surface area contributed by atoms with E-state index in [1.54, 1.807) is 0 Å². The standard InChI is InChI=1S/C8H8.Li.H2O3S/c1-2-8-6-4-3-5-7-8;;1-4(2)3/h2-7H,1H2;;4H,(H,1,2,3)/q;+1;/p-1. The van der Waals surface area contributed by atoms with Gasteiger partial charge >= 0.3 is 18.9 Å². The van der Waals surface area contributed by atoms with Crippen LogP contribution in [0.15, 0.2) is 36.9 Å². The van der Waals surface area contributed by atoms with E-state index in [4.69, 9.17) is 13.0 Å². The van der Waals surface area contributed by atoms with Gasteiger partial charge in [-0.3, -0.25) is 0 Å². The van der Waals surface area contributed by atoms with Gasteiger partial charge in [-0.05, 0) is 5.56 Å². The van der Waals surface area contributed by atoms with Gasteiger partial charge in [0.2, 0.25) is 0 Å². The molecule has 1 rings (SSSR count). The number of hydrogen-bond acceptors (Lipinski definition) is 3. The van der Waals surface area contributed by atoms with E-state index in [9.17, 15) is 0 Å². The number of thiol groups is 1. The van der Waals surface area contributed by atoms with Crippen molar-refractivity contribution in [2.75, 3.05) is 0 Å². The zero-order chi connectivity index (χ0) is 9.40. The fourth-order valence-electron chi connectivity index (χ4n) is 0.589. The number of rotatable bonds is 1. The van der Waals surface area contributed by atoms with Crippen LogP contribution in [0.2, 0.25) is 0 Å². The summed E-state index contributed by atoms with van der Waals surface area (Å²) in [5.74, 6) is 0. The summed E-state index contributed by atoms with van der Waals surface area (Å²) >= 11 is 0. The molecule has 1 aromatic rings. The Balaban J connectivity index is 0. The molecule has 0 saturated carbocycles. The van der Waals surface area contributed by atoms with Crippen molar-refractivity contribution in [2.45, 2.75) is 0 Å². The van der Waals surface area contributed by atoms with Crippen LogP contribution < -0.4 is 18.9 Å². The van der Waals surface area contributed by atoms with Gasteiger partial charge in [0, 0.05) is 0 Å². The molecule has 0 atom stereocenters. The molecule has 0 bridgehead atoms. The van der Waals surface area contributed by atoms with Gasteiger partial charge in [0.25, 0.3) is 0 Å². The SMILES string of the molecule is C=Cc1ccccc1.O=[SH](=O)[O-].[Li+]. The van der Waals surface area contributed by atoms with E-state index in [1.165, 1.54) is 5.56 Å². The van der Waals surface area contributed by atoms with Crippen LogP contribution in [0.3, 0.4) is 0 Å². The molecule has 0 fully saturated rings. The average Bonchev–Trinajstić information content (AvgIpc) is 2.05. The second kappa shape index (κ2) is 9.55. The van der Waals surface area contributed by atoms with Crippen molar-refractivity contribution in [1.82, 2.24) is 0 Å². The van der Waals surface area contributed by atoms with Crippen molar-refractivity contribution in [3.8, 4) is 0 Å². The quantitative estimate of drug-likeness (QED) is 0.320. The maximum atomic E-state index is 8.48. The molecule has 0 unspecified atom stereocenters. The van der Waals surface area contributed by atoms with Gasteiger partial charge in [-0.1, -0.05) is 43.0 Å². The Hall–Kier alpha value is -0.533. The van der Waals surface area contributed by atoms with Gasteiger partial charge in [0.1, 0.15) is 0 Å². The third kappa shape index (κ3) is 11.5. The van der Waals surface area contributed by atoms with Gasteiger partial charge in [0.15, 0.2) is 0 Å².